The molecule has 0 bridgehead atoms. The Hall–Kier alpha value is -1.40. The Morgan fingerprint density at radius 1 is 1.11 bits per heavy atom. The molecule has 2 rings (SSSR count). The van der Waals surface area contributed by atoms with E-state index in [1.165, 1.54) is 4.31 Å². The van der Waals surface area contributed by atoms with Crippen LogP contribution in [0, 0.1) is 25.7 Å². The zero-order valence-corrected chi connectivity index (χ0v) is 18.1. The van der Waals surface area contributed by atoms with Crippen LogP contribution in [-0.2, 0) is 14.8 Å². The van der Waals surface area contributed by atoms with Gasteiger partial charge >= 0.3 is 0 Å². The first kappa shape index (κ1) is 21.9. The average molecular weight is 395 g/mol. The number of piperidine rings is 1. The second kappa shape index (κ2) is 9.20. The zero-order chi connectivity index (χ0) is 20.2. The van der Waals surface area contributed by atoms with Crippen molar-refractivity contribution >= 4 is 15.9 Å². The molecular formula is C21H34N2O3S. The summed E-state index contributed by atoms with van der Waals surface area (Å²) in [7, 11) is -3.49. The number of rotatable bonds is 7. The molecule has 1 fully saturated rings. The van der Waals surface area contributed by atoms with Crippen LogP contribution in [0.2, 0.25) is 0 Å². The lowest BCUT2D eigenvalue weighted by atomic mass is 9.96. The van der Waals surface area contributed by atoms with Gasteiger partial charge in [0.05, 0.1) is 4.90 Å². The minimum atomic E-state index is -3.49. The summed E-state index contributed by atoms with van der Waals surface area (Å²) in [6.07, 6.45) is 3.22. The topological polar surface area (TPSA) is 66.5 Å². The fraction of sp³-hybridized carbons (Fsp3) is 0.667. The molecule has 1 aliphatic heterocycles. The largest absolute Gasteiger partial charge is 0.353 e. The van der Waals surface area contributed by atoms with E-state index in [4.69, 9.17) is 0 Å². The Bertz CT molecular complexity index is 751. The molecule has 1 saturated heterocycles. The Morgan fingerprint density at radius 2 is 1.74 bits per heavy atom. The summed E-state index contributed by atoms with van der Waals surface area (Å²) in [5, 5.41) is 3.10. The third-order valence-electron chi connectivity index (χ3n) is 5.51. The molecule has 1 atom stereocenters. The molecule has 6 heteroatoms. The van der Waals surface area contributed by atoms with E-state index in [2.05, 4.69) is 19.2 Å². The van der Waals surface area contributed by atoms with Gasteiger partial charge in [-0.1, -0.05) is 19.9 Å². The maximum atomic E-state index is 12.9. The fourth-order valence-corrected chi connectivity index (χ4v) is 4.95. The molecule has 0 radical (unpaired) electrons. The van der Waals surface area contributed by atoms with E-state index in [-0.39, 0.29) is 17.9 Å². The van der Waals surface area contributed by atoms with Gasteiger partial charge in [-0.05, 0) is 75.6 Å². The second-order valence-corrected chi connectivity index (χ2v) is 10.2. The van der Waals surface area contributed by atoms with Crippen molar-refractivity contribution in [2.24, 2.45) is 11.8 Å². The van der Waals surface area contributed by atoms with Gasteiger partial charge in [0.1, 0.15) is 0 Å². The van der Waals surface area contributed by atoms with Gasteiger partial charge in [0, 0.05) is 25.0 Å². The van der Waals surface area contributed by atoms with Crippen LogP contribution in [0.25, 0.3) is 0 Å². The molecule has 0 aromatic heterocycles. The minimum absolute atomic E-state index is 0.0643. The van der Waals surface area contributed by atoms with E-state index in [9.17, 15) is 13.2 Å². The lowest BCUT2D eigenvalue weighted by Crippen LogP contribution is -2.44. The van der Waals surface area contributed by atoms with Crippen LogP contribution < -0.4 is 5.32 Å². The van der Waals surface area contributed by atoms with Crippen molar-refractivity contribution in [3.63, 3.8) is 0 Å². The Morgan fingerprint density at radius 3 is 2.30 bits per heavy atom. The van der Waals surface area contributed by atoms with Crippen molar-refractivity contribution in [1.29, 1.82) is 0 Å². The van der Waals surface area contributed by atoms with E-state index in [0.717, 1.165) is 24.0 Å². The summed E-state index contributed by atoms with van der Waals surface area (Å²) >= 11 is 0. The standard InChI is InChI=1S/C21H34N2O3S/c1-15(2)6-8-18(5)22-21(24)19-10-12-23(13-11-19)27(25,26)20-9-7-16(3)17(4)14-20/h7,9,14-15,18-19H,6,8,10-13H2,1-5H3,(H,22,24). The molecule has 1 N–H and O–H groups in total. The molecule has 1 aliphatic rings. The smallest absolute Gasteiger partial charge is 0.243 e. The maximum absolute atomic E-state index is 12.9. The molecule has 1 unspecified atom stereocenters. The van der Waals surface area contributed by atoms with Gasteiger partial charge in [0.15, 0.2) is 0 Å². The molecule has 1 heterocycles. The van der Waals surface area contributed by atoms with Crippen LogP contribution in [0.4, 0.5) is 0 Å². The molecule has 1 amide bonds. The normalized spacial score (nSPS) is 17.9. The van der Waals surface area contributed by atoms with Gasteiger partial charge in [0.2, 0.25) is 15.9 Å². The van der Waals surface area contributed by atoms with E-state index < -0.39 is 10.0 Å². The van der Waals surface area contributed by atoms with Crippen molar-refractivity contribution in [3.05, 3.63) is 29.3 Å². The Labute approximate surface area is 164 Å². The first-order valence-electron chi connectivity index (χ1n) is 9.99. The van der Waals surface area contributed by atoms with Crippen LogP contribution in [0.15, 0.2) is 23.1 Å². The number of aryl methyl sites for hydroxylation is 2. The number of hydrogen-bond donors (Lipinski definition) is 1. The summed E-state index contributed by atoms with van der Waals surface area (Å²) in [6.45, 7) is 11.1. The predicted molar refractivity (Wildman–Crippen MR) is 109 cm³/mol. The van der Waals surface area contributed by atoms with Crippen LogP contribution in [0.1, 0.15) is 57.6 Å². The molecule has 0 spiro atoms. The average Bonchev–Trinajstić information content (AvgIpc) is 2.62. The Kier molecular flexibility index (Phi) is 7.46. The van der Waals surface area contributed by atoms with Gasteiger partial charge in [0.25, 0.3) is 0 Å². The molecule has 152 valence electrons. The number of nitrogens with zero attached hydrogens (tertiary/aromatic N) is 1. The summed E-state index contributed by atoms with van der Waals surface area (Å²) in [6, 6.07) is 5.42. The number of benzene rings is 1. The van der Waals surface area contributed by atoms with E-state index >= 15 is 0 Å². The Balaban J connectivity index is 1.92. The number of amides is 1. The highest BCUT2D eigenvalue weighted by atomic mass is 32.2. The summed E-state index contributed by atoms with van der Waals surface area (Å²) in [4.78, 5) is 12.8. The zero-order valence-electron chi connectivity index (χ0n) is 17.3. The second-order valence-electron chi connectivity index (χ2n) is 8.31. The van der Waals surface area contributed by atoms with Crippen LogP contribution in [-0.4, -0.2) is 37.8 Å². The lowest BCUT2D eigenvalue weighted by molar-refractivity contribution is -0.126. The predicted octanol–water partition coefficient (Wildman–Crippen LogP) is 3.65. The third kappa shape index (κ3) is 5.79. The van der Waals surface area contributed by atoms with Crippen molar-refractivity contribution in [2.75, 3.05) is 13.1 Å². The van der Waals surface area contributed by atoms with Gasteiger partial charge in [-0.25, -0.2) is 8.42 Å². The molecule has 27 heavy (non-hydrogen) atoms. The number of sulfonamides is 1. The molecular weight excluding hydrogens is 360 g/mol. The molecule has 1 aromatic rings. The first-order chi connectivity index (χ1) is 12.6. The highest BCUT2D eigenvalue weighted by Crippen LogP contribution is 2.25. The summed E-state index contributed by atoms with van der Waals surface area (Å²) in [5.74, 6) is 0.593. The van der Waals surface area contributed by atoms with Crippen LogP contribution in [0.5, 0.6) is 0 Å². The van der Waals surface area contributed by atoms with Crippen molar-refractivity contribution < 1.29 is 13.2 Å². The van der Waals surface area contributed by atoms with E-state index in [1.807, 2.05) is 26.8 Å². The lowest BCUT2D eigenvalue weighted by Gasteiger charge is -2.31. The number of carbonyl (C=O) groups excluding carboxylic acids is 1. The molecule has 5 nitrogen and oxygen atoms in total. The molecule has 0 saturated carbocycles. The molecule has 0 aliphatic carbocycles. The van der Waals surface area contributed by atoms with Gasteiger partial charge in [-0.2, -0.15) is 4.31 Å². The quantitative estimate of drug-likeness (QED) is 0.768. The van der Waals surface area contributed by atoms with Gasteiger partial charge in [-0.15, -0.1) is 0 Å². The van der Waals surface area contributed by atoms with Crippen molar-refractivity contribution in [3.8, 4) is 0 Å². The van der Waals surface area contributed by atoms with Crippen LogP contribution >= 0.6 is 0 Å². The minimum Gasteiger partial charge on any atom is -0.353 e. The number of hydrogen-bond acceptors (Lipinski definition) is 3. The summed E-state index contributed by atoms with van der Waals surface area (Å²) < 4.78 is 27.3. The maximum Gasteiger partial charge on any atom is 0.243 e. The van der Waals surface area contributed by atoms with E-state index in [1.54, 1.807) is 12.1 Å². The monoisotopic (exact) mass is 394 g/mol. The highest BCUT2D eigenvalue weighted by molar-refractivity contribution is 7.89. The highest BCUT2D eigenvalue weighted by Gasteiger charge is 2.32. The first-order valence-corrected chi connectivity index (χ1v) is 11.4. The number of nitrogens with one attached hydrogen (secondary N) is 1. The third-order valence-corrected chi connectivity index (χ3v) is 7.40. The van der Waals surface area contributed by atoms with E-state index in [0.29, 0.717) is 36.7 Å². The number of carbonyl (C=O) groups is 1. The SMILES string of the molecule is Cc1ccc(S(=O)(=O)N2CCC(C(=O)NC(C)CCC(C)C)CC2)cc1C. The fourth-order valence-electron chi connectivity index (χ4n) is 3.40. The van der Waals surface area contributed by atoms with Gasteiger partial charge < -0.3 is 5.32 Å². The summed E-state index contributed by atoms with van der Waals surface area (Å²) in [5.41, 5.74) is 2.05. The van der Waals surface area contributed by atoms with Crippen LogP contribution in [0.3, 0.4) is 0 Å². The van der Waals surface area contributed by atoms with Gasteiger partial charge in [-0.3, -0.25) is 4.79 Å². The van der Waals surface area contributed by atoms with Crippen molar-refractivity contribution in [1.82, 2.24) is 9.62 Å². The van der Waals surface area contributed by atoms with Crippen molar-refractivity contribution in [2.45, 2.75) is 71.2 Å². The molecule has 1 aromatic carbocycles.